The molecule has 1 saturated carbocycles. The van der Waals surface area contributed by atoms with Crippen LogP contribution in [0.15, 0.2) is 54.9 Å². The third-order valence-electron chi connectivity index (χ3n) is 5.60. The van der Waals surface area contributed by atoms with Crippen molar-refractivity contribution in [1.82, 2.24) is 20.1 Å². The van der Waals surface area contributed by atoms with Crippen molar-refractivity contribution >= 4 is 17.5 Å². The van der Waals surface area contributed by atoms with Crippen molar-refractivity contribution < 1.29 is 9.53 Å². The van der Waals surface area contributed by atoms with Crippen molar-refractivity contribution in [2.45, 2.75) is 57.7 Å². The molecule has 0 spiro atoms. The fraction of sp³-hybridized carbons (Fsp3) is 0.375. The van der Waals surface area contributed by atoms with Gasteiger partial charge in [0.05, 0.1) is 24.0 Å². The maximum Gasteiger partial charge on any atom is 0.263 e. The average molecular weight is 439 g/mol. The van der Waals surface area contributed by atoms with Gasteiger partial charge in [-0.25, -0.2) is 0 Å². The molecule has 6 nitrogen and oxygen atoms in total. The number of nitrogens with one attached hydrogen (secondary N) is 1. The van der Waals surface area contributed by atoms with Crippen LogP contribution in [-0.2, 0) is 11.3 Å². The van der Waals surface area contributed by atoms with E-state index in [4.69, 9.17) is 21.4 Å². The molecule has 2 heterocycles. The molecule has 1 fully saturated rings. The van der Waals surface area contributed by atoms with Gasteiger partial charge in [-0.05, 0) is 69.2 Å². The zero-order valence-electron chi connectivity index (χ0n) is 17.8. The Morgan fingerprint density at radius 3 is 2.52 bits per heavy atom. The summed E-state index contributed by atoms with van der Waals surface area (Å²) in [5.41, 5.74) is 1.94. The fourth-order valence-corrected chi connectivity index (χ4v) is 4.05. The first kappa shape index (κ1) is 21.4. The Morgan fingerprint density at radius 1 is 1.16 bits per heavy atom. The summed E-state index contributed by atoms with van der Waals surface area (Å²) in [4.78, 5) is 16.9. The smallest absolute Gasteiger partial charge is 0.263 e. The van der Waals surface area contributed by atoms with E-state index in [1.165, 1.54) is 12.8 Å². The van der Waals surface area contributed by atoms with Crippen LogP contribution in [0.5, 0.6) is 5.75 Å². The van der Waals surface area contributed by atoms with E-state index in [1.54, 1.807) is 50.5 Å². The number of nitrogens with zero attached hydrogens (tertiary/aromatic N) is 3. The number of rotatable bonds is 7. The number of hydrogen-bond donors (Lipinski definition) is 1. The van der Waals surface area contributed by atoms with Gasteiger partial charge in [-0.3, -0.25) is 14.5 Å². The summed E-state index contributed by atoms with van der Waals surface area (Å²) < 4.78 is 8.01. The van der Waals surface area contributed by atoms with Crippen molar-refractivity contribution in [3.63, 3.8) is 0 Å². The number of benzene rings is 1. The molecule has 31 heavy (non-hydrogen) atoms. The van der Waals surface area contributed by atoms with Crippen LogP contribution in [-0.4, -0.2) is 26.3 Å². The zero-order valence-corrected chi connectivity index (χ0v) is 18.6. The third-order valence-corrected chi connectivity index (χ3v) is 5.85. The minimum atomic E-state index is -1.03. The molecule has 4 rings (SSSR count). The first-order chi connectivity index (χ1) is 14.9. The highest BCUT2D eigenvalue weighted by Gasteiger charge is 2.30. The van der Waals surface area contributed by atoms with Crippen LogP contribution in [0.3, 0.4) is 0 Å². The molecule has 1 N–H and O–H groups in total. The SMILES string of the molecule is CC(C)(Oc1ccc(Cl)cc1)C(=O)NCc1cc(-c2ccncc2)n(C2CCCC2)n1. The summed E-state index contributed by atoms with van der Waals surface area (Å²) in [6, 6.07) is 13.4. The Bertz CT molecular complexity index is 1030. The molecule has 0 aliphatic heterocycles. The molecule has 162 valence electrons. The Hall–Kier alpha value is -2.86. The van der Waals surface area contributed by atoms with Gasteiger partial charge < -0.3 is 10.1 Å². The monoisotopic (exact) mass is 438 g/mol. The topological polar surface area (TPSA) is 69.0 Å². The maximum absolute atomic E-state index is 12.8. The van der Waals surface area contributed by atoms with Crippen LogP contribution >= 0.6 is 11.6 Å². The summed E-state index contributed by atoms with van der Waals surface area (Å²) >= 11 is 5.92. The Labute approximate surface area is 187 Å². The molecule has 0 saturated heterocycles. The van der Waals surface area contributed by atoms with E-state index in [1.807, 2.05) is 12.1 Å². The van der Waals surface area contributed by atoms with Gasteiger partial charge in [0.2, 0.25) is 0 Å². The predicted molar refractivity (Wildman–Crippen MR) is 121 cm³/mol. The Morgan fingerprint density at radius 2 is 1.84 bits per heavy atom. The Kier molecular flexibility index (Phi) is 6.28. The van der Waals surface area contributed by atoms with Gasteiger partial charge in [-0.2, -0.15) is 5.10 Å². The minimum Gasteiger partial charge on any atom is -0.478 e. The lowest BCUT2D eigenvalue weighted by molar-refractivity contribution is -0.134. The highest BCUT2D eigenvalue weighted by atomic mass is 35.5. The first-order valence-electron chi connectivity index (χ1n) is 10.6. The molecule has 0 bridgehead atoms. The molecule has 0 radical (unpaired) electrons. The number of carbonyl (C=O) groups excluding carboxylic acids is 1. The minimum absolute atomic E-state index is 0.205. The van der Waals surface area contributed by atoms with Gasteiger partial charge in [-0.1, -0.05) is 24.4 Å². The zero-order chi connectivity index (χ0) is 21.8. The van der Waals surface area contributed by atoms with Crippen LogP contribution in [0.1, 0.15) is 51.3 Å². The number of hydrogen-bond acceptors (Lipinski definition) is 4. The van der Waals surface area contributed by atoms with Gasteiger partial charge in [0, 0.05) is 23.0 Å². The van der Waals surface area contributed by atoms with Gasteiger partial charge >= 0.3 is 0 Å². The number of carbonyl (C=O) groups is 1. The normalized spacial score (nSPS) is 14.5. The van der Waals surface area contributed by atoms with Crippen LogP contribution < -0.4 is 10.1 Å². The van der Waals surface area contributed by atoms with E-state index in [-0.39, 0.29) is 5.91 Å². The number of pyridine rings is 1. The van der Waals surface area contributed by atoms with Crippen LogP contribution in [0, 0.1) is 0 Å². The van der Waals surface area contributed by atoms with Crippen LogP contribution in [0.4, 0.5) is 0 Å². The van der Waals surface area contributed by atoms with E-state index in [0.29, 0.717) is 23.4 Å². The van der Waals surface area contributed by atoms with E-state index in [9.17, 15) is 4.79 Å². The molecule has 1 aliphatic carbocycles. The summed E-state index contributed by atoms with van der Waals surface area (Å²) in [7, 11) is 0. The van der Waals surface area contributed by atoms with Crippen LogP contribution in [0.25, 0.3) is 11.3 Å². The first-order valence-corrected chi connectivity index (χ1v) is 11.0. The lowest BCUT2D eigenvalue weighted by Crippen LogP contribution is -2.46. The summed E-state index contributed by atoms with van der Waals surface area (Å²) in [5.74, 6) is 0.387. The molecule has 1 aliphatic rings. The largest absolute Gasteiger partial charge is 0.478 e. The number of aromatic nitrogens is 3. The van der Waals surface area contributed by atoms with E-state index < -0.39 is 5.60 Å². The second-order valence-corrected chi connectivity index (χ2v) is 8.83. The quantitative estimate of drug-likeness (QED) is 0.551. The van der Waals surface area contributed by atoms with Gasteiger partial charge in [0.1, 0.15) is 5.75 Å². The molecule has 2 aromatic heterocycles. The van der Waals surface area contributed by atoms with E-state index >= 15 is 0 Å². The van der Waals surface area contributed by atoms with Crippen molar-refractivity contribution in [3.8, 4) is 17.0 Å². The van der Waals surface area contributed by atoms with Crippen molar-refractivity contribution in [3.05, 3.63) is 65.6 Å². The van der Waals surface area contributed by atoms with E-state index in [2.05, 4.69) is 21.0 Å². The molecular weight excluding hydrogens is 412 g/mol. The van der Waals surface area contributed by atoms with Crippen LogP contribution in [0.2, 0.25) is 5.02 Å². The van der Waals surface area contributed by atoms with E-state index in [0.717, 1.165) is 29.8 Å². The standard InChI is InChI=1S/C24H27ClN4O2/c1-24(2,31-21-9-7-18(25)8-10-21)23(30)27-16-19-15-22(17-11-13-26-14-12-17)29(28-19)20-5-3-4-6-20/h7-15,20H,3-6,16H2,1-2H3,(H,27,30). The average Bonchev–Trinajstić information content (AvgIpc) is 3.44. The summed E-state index contributed by atoms with van der Waals surface area (Å²) in [6.07, 6.45) is 8.30. The second kappa shape index (κ2) is 9.10. The predicted octanol–water partition coefficient (Wildman–Crippen LogP) is 5.19. The van der Waals surface area contributed by atoms with Gasteiger partial charge in [-0.15, -0.1) is 0 Å². The number of amides is 1. The van der Waals surface area contributed by atoms with Crippen molar-refractivity contribution in [2.24, 2.45) is 0 Å². The molecule has 7 heteroatoms. The third kappa shape index (κ3) is 5.07. The molecule has 0 unspecified atom stereocenters. The fourth-order valence-electron chi connectivity index (χ4n) is 3.92. The summed E-state index contributed by atoms with van der Waals surface area (Å²) in [5, 5.41) is 8.44. The second-order valence-electron chi connectivity index (χ2n) is 8.39. The van der Waals surface area contributed by atoms with Crippen molar-refractivity contribution in [2.75, 3.05) is 0 Å². The lowest BCUT2D eigenvalue weighted by Gasteiger charge is -2.25. The molecule has 3 aromatic rings. The highest BCUT2D eigenvalue weighted by Crippen LogP contribution is 2.33. The molecule has 0 atom stereocenters. The molecular formula is C24H27ClN4O2. The lowest BCUT2D eigenvalue weighted by atomic mass is 10.1. The Balaban J connectivity index is 1.47. The highest BCUT2D eigenvalue weighted by molar-refractivity contribution is 6.30. The van der Waals surface area contributed by atoms with Crippen molar-refractivity contribution in [1.29, 1.82) is 0 Å². The number of halogens is 1. The maximum atomic E-state index is 12.8. The van der Waals surface area contributed by atoms with Gasteiger partial charge in [0.25, 0.3) is 5.91 Å². The molecule has 1 amide bonds. The number of ether oxygens (including phenoxy) is 1. The van der Waals surface area contributed by atoms with Gasteiger partial charge in [0.15, 0.2) is 5.60 Å². The molecule has 1 aromatic carbocycles. The summed E-state index contributed by atoms with van der Waals surface area (Å²) in [6.45, 7) is 3.83.